The number of hydrogen-bond acceptors (Lipinski definition) is 3. The highest BCUT2D eigenvalue weighted by Crippen LogP contribution is 2.09. The van der Waals surface area contributed by atoms with Gasteiger partial charge in [-0.2, -0.15) is 0 Å². The van der Waals surface area contributed by atoms with Crippen LogP contribution in [0.3, 0.4) is 0 Å². The van der Waals surface area contributed by atoms with Gasteiger partial charge in [0.05, 0.1) is 0 Å². The summed E-state index contributed by atoms with van der Waals surface area (Å²) in [5.74, 6) is -0.295. The van der Waals surface area contributed by atoms with Crippen molar-refractivity contribution in [1.82, 2.24) is 4.90 Å². The Labute approximate surface area is 78.4 Å². The van der Waals surface area contributed by atoms with Crippen molar-refractivity contribution in [2.75, 3.05) is 6.54 Å². The molecule has 0 fully saturated rings. The summed E-state index contributed by atoms with van der Waals surface area (Å²) in [5, 5.41) is 7.09. The molecule has 0 aromatic carbocycles. The van der Waals surface area contributed by atoms with Gasteiger partial charge in [0.25, 0.3) is 0 Å². The van der Waals surface area contributed by atoms with E-state index in [1.807, 2.05) is 0 Å². The Kier molecular flexibility index (Phi) is 3.71. The van der Waals surface area contributed by atoms with E-state index in [1.54, 1.807) is 27.7 Å². The molecule has 0 bridgehead atoms. The number of amides is 1. The number of guanidine groups is 1. The molecule has 0 radical (unpaired) electrons. The number of ether oxygens (including phenoxy) is 1. The summed E-state index contributed by atoms with van der Waals surface area (Å²) in [7, 11) is 0. The zero-order valence-electron chi connectivity index (χ0n) is 8.55. The van der Waals surface area contributed by atoms with Gasteiger partial charge in [-0.3, -0.25) is 5.41 Å². The maximum Gasteiger partial charge on any atom is 0.417 e. The van der Waals surface area contributed by atoms with Crippen LogP contribution < -0.4 is 5.73 Å². The molecular formula is C8H17N3O2. The van der Waals surface area contributed by atoms with Gasteiger partial charge in [-0.05, 0) is 27.7 Å². The van der Waals surface area contributed by atoms with Crippen molar-refractivity contribution in [2.45, 2.75) is 33.3 Å². The summed E-state index contributed by atoms with van der Waals surface area (Å²) in [4.78, 5) is 12.4. The first-order chi connectivity index (χ1) is 5.78. The first-order valence-electron chi connectivity index (χ1n) is 4.12. The highest BCUT2D eigenvalue weighted by Gasteiger charge is 2.22. The molecule has 5 nitrogen and oxygen atoms in total. The molecule has 0 aromatic rings. The Bertz CT molecular complexity index is 208. The lowest BCUT2D eigenvalue weighted by molar-refractivity contribution is 0.0374. The molecule has 5 heteroatoms. The van der Waals surface area contributed by atoms with Crippen molar-refractivity contribution < 1.29 is 9.53 Å². The van der Waals surface area contributed by atoms with Crippen molar-refractivity contribution in [3.8, 4) is 0 Å². The lowest BCUT2D eigenvalue weighted by atomic mass is 10.2. The largest absolute Gasteiger partial charge is 0.443 e. The van der Waals surface area contributed by atoms with Crippen LogP contribution in [-0.4, -0.2) is 29.1 Å². The molecule has 0 spiro atoms. The number of nitrogens with one attached hydrogen (secondary N) is 1. The van der Waals surface area contributed by atoms with Gasteiger partial charge in [0, 0.05) is 6.54 Å². The average molecular weight is 187 g/mol. The Morgan fingerprint density at radius 3 is 2.23 bits per heavy atom. The van der Waals surface area contributed by atoms with Gasteiger partial charge in [-0.25, -0.2) is 9.69 Å². The lowest BCUT2D eigenvalue weighted by Gasteiger charge is -2.25. The Hall–Kier alpha value is -1.26. The van der Waals surface area contributed by atoms with E-state index in [-0.39, 0.29) is 5.96 Å². The standard InChI is InChI=1S/C8H17N3O2/c1-5-11(6(9)10)7(12)13-8(2,3)4/h5H2,1-4H3,(H3,9,10). The summed E-state index contributed by atoms with van der Waals surface area (Å²) in [6.07, 6.45) is -0.581. The van der Waals surface area contributed by atoms with Gasteiger partial charge >= 0.3 is 6.09 Å². The van der Waals surface area contributed by atoms with Crippen LogP contribution in [0.15, 0.2) is 0 Å². The molecule has 0 saturated heterocycles. The topological polar surface area (TPSA) is 79.4 Å². The first-order valence-corrected chi connectivity index (χ1v) is 4.12. The van der Waals surface area contributed by atoms with Gasteiger partial charge in [-0.1, -0.05) is 0 Å². The third-order valence-electron chi connectivity index (χ3n) is 1.22. The quantitative estimate of drug-likeness (QED) is 0.477. The van der Waals surface area contributed by atoms with Gasteiger partial charge < -0.3 is 10.5 Å². The average Bonchev–Trinajstić information content (AvgIpc) is 1.82. The minimum atomic E-state index is -0.581. The molecule has 0 atom stereocenters. The predicted molar refractivity (Wildman–Crippen MR) is 50.5 cm³/mol. The van der Waals surface area contributed by atoms with Gasteiger partial charge in [0.15, 0.2) is 5.96 Å². The fraction of sp³-hybridized carbons (Fsp3) is 0.750. The third kappa shape index (κ3) is 4.35. The summed E-state index contributed by atoms with van der Waals surface area (Å²) < 4.78 is 5.02. The van der Waals surface area contributed by atoms with Crippen LogP contribution in [0, 0.1) is 5.41 Å². The van der Waals surface area contributed by atoms with Crippen LogP contribution in [0.5, 0.6) is 0 Å². The Morgan fingerprint density at radius 1 is 1.54 bits per heavy atom. The Balaban J connectivity index is 4.32. The van der Waals surface area contributed by atoms with Crippen molar-refractivity contribution in [3.63, 3.8) is 0 Å². The molecule has 0 rings (SSSR count). The number of hydrogen-bond donors (Lipinski definition) is 2. The molecule has 0 saturated carbocycles. The van der Waals surface area contributed by atoms with Crippen LogP contribution in [0.25, 0.3) is 0 Å². The van der Waals surface area contributed by atoms with E-state index >= 15 is 0 Å². The van der Waals surface area contributed by atoms with Gasteiger partial charge in [0.1, 0.15) is 5.60 Å². The highest BCUT2D eigenvalue weighted by atomic mass is 16.6. The van der Waals surface area contributed by atoms with Crippen molar-refractivity contribution >= 4 is 12.1 Å². The number of carbonyl (C=O) groups excluding carboxylic acids is 1. The van der Waals surface area contributed by atoms with Crippen molar-refractivity contribution in [1.29, 1.82) is 5.41 Å². The number of nitrogens with two attached hydrogens (primary N) is 1. The molecule has 0 unspecified atom stereocenters. The monoisotopic (exact) mass is 187 g/mol. The second-order valence-corrected chi connectivity index (χ2v) is 3.61. The van der Waals surface area contributed by atoms with E-state index in [9.17, 15) is 4.79 Å². The molecule has 13 heavy (non-hydrogen) atoms. The highest BCUT2D eigenvalue weighted by molar-refractivity contribution is 5.91. The number of nitrogens with zero attached hydrogens (tertiary/aromatic N) is 1. The molecule has 1 amide bonds. The normalized spacial score (nSPS) is 10.8. The SMILES string of the molecule is CCN(C(=N)N)C(=O)OC(C)(C)C. The summed E-state index contributed by atoms with van der Waals surface area (Å²) in [6, 6.07) is 0. The Morgan fingerprint density at radius 2 is 2.00 bits per heavy atom. The van der Waals surface area contributed by atoms with Crippen molar-refractivity contribution in [3.05, 3.63) is 0 Å². The van der Waals surface area contributed by atoms with Crippen LogP contribution in [-0.2, 0) is 4.74 Å². The fourth-order valence-electron chi connectivity index (χ4n) is 0.715. The fourth-order valence-corrected chi connectivity index (χ4v) is 0.715. The molecule has 0 aliphatic rings. The van der Waals surface area contributed by atoms with Crippen molar-refractivity contribution in [2.24, 2.45) is 5.73 Å². The van der Waals surface area contributed by atoms with E-state index in [0.717, 1.165) is 4.90 Å². The van der Waals surface area contributed by atoms with Crippen LogP contribution >= 0.6 is 0 Å². The second kappa shape index (κ2) is 4.11. The lowest BCUT2D eigenvalue weighted by Crippen LogP contribution is -2.43. The van der Waals surface area contributed by atoms with E-state index in [2.05, 4.69) is 0 Å². The second-order valence-electron chi connectivity index (χ2n) is 3.61. The predicted octanol–water partition coefficient (Wildman–Crippen LogP) is 1.14. The molecule has 0 aliphatic carbocycles. The van der Waals surface area contributed by atoms with E-state index < -0.39 is 11.7 Å². The molecule has 76 valence electrons. The van der Waals surface area contributed by atoms with E-state index in [4.69, 9.17) is 15.9 Å². The zero-order valence-corrected chi connectivity index (χ0v) is 8.55. The molecular weight excluding hydrogens is 170 g/mol. The van der Waals surface area contributed by atoms with Crippen LogP contribution in [0.2, 0.25) is 0 Å². The minimum absolute atomic E-state index is 0.295. The number of carbonyl (C=O) groups is 1. The van der Waals surface area contributed by atoms with Gasteiger partial charge in [-0.15, -0.1) is 0 Å². The smallest absolute Gasteiger partial charge is 0.417 e. The van der Waals surface area contributed by atoms with Crippen LogP contribution in [0.4, 0.5) is 4.79 Å². The summed E-state index contributed by atoms with van der Waals surface area (Å²) >= 11 is 0. The molecule has 0 heterocycles. The van der Waals surface area contributed by atoms with Crippen LogP contribution in [0.1, 0.15) is 27.7 Å². The van der Waals surface area contributed by atoms with Gasteiger partial charge in [0.2, 0.25) is 0 Å². The third-order valence-corrected chi connectivity index (χ3v) is 1.22. The number of rotatable bonds is 1. The van der Waals surface area contributed by atoms with E-state index in [1.165, 1.54) is 0 Å². The summed E-state index contributed by atoms with van der Waals surface area (Å²) in [6.45, 7) is 7.35. The summed E-state index contributed by atoms with van der Waals surface area (Å²) in [5.41, 5.74) is 4.62. The minimum Gasteiger partial charge on any atom is -0.443 e. The maximum absolute atomic E-state index is 11.3. The molecule has 3 N–H and O–H groups in total. The molecule has 0 aromatic heterocycles. The first kappa shape index (κ1) is 11.7. The molecule has 0 aliphatic heterocycles. The maximum atomic E-state index is 11.3. The zero-order chi connectivity index (χ0) is 10.6. The van der Waals surface area contributed by atoms with E-state index in [0.29, 0.717) is 6.54 Å².